The molecule has 0 atom stereocenters. The number of hydrogen-bond acceptors (Lipinski definition) is 2. The molecule has 16 heavy (non-hydrogen) atoms. The third-order valence-electron chi connectivity index (χ3n) is 2.26. The van der Waals surface area contributed by atoms with E-state index in [0.29, 0.717) is 12.0 Å². The molecule has 3 heteroatoms. The van der Waals surface area contributed by atoms with Crippen LogP contribution in [0.3, 0.4) is 0 Å². The lowest BCUT2D eigenvalue weighted by atomic mass is 10.0. The van der Waals surface area contributed by atoms with Crippen molar-refractivity contribution in [2.24, 2.45) is 0 Å². The molecule has 0 radical (unpaired) electrons. The monoisotopic (exact) mass is 323 g/mol. The zero-order chi connectivity index (χ0) is 11.4. The third kappa shape index (κ3) is 2.88. The van der Waals surface area contributed by atoms with Crippen LogP contribution >= 0.6 is 22.6 Å². The molecule has 0 spiro atoms. The fourth-order valence-corrected chi connectivity index (χ4v) is 1.78. The number of ketones is 1. The van der Waals surface area contributed by atoms with E-state index in [9.17, 15) is 4.79 Å². The number of carbonyl (C=O) groups is 1. The summed E-state index contributed by atoms with van der Waals surface area (Å²) in [5.74, 6) is 0.106. The van der Waals surface area contributed by atoms with Gasteiger partial charge >= 0.3 is 0 Å². The number of halogens is 1. The molecule has 0 saturated carbocycles. The number of aromatic nitrogens is 1. The molecular formula is C13H10INO. The zero-order valence-corrected chi connectivity index (χ0v) is 10.7. The van der Waals surface area contributed by atoms with Crippen molar-refractivity contribution in [3.63, 3.8) is 0 Å². The van der Waals surface area contributed by atoms with E-state index in [1.807, 2.05) is 24.3 Å². The van der Waals surface area contributed by atoms with Crippen molar-refractivity contribution in [1.29, 1.82) is 0 Å². The van der Waals surface area contributed by atoms with Gasteiger partial charge < -0.3 is 0 Å². The lowest BCUT2D eigenvalue weighted by molar-refractivity contribution is 0.0992. The number of rotatable bonds is 3. The van der Waals surface area contributed by atoms with Crippen LogP contribution in [-0.2, 0) is 6.42 Å². The van der Waals surface area contributed by atoms with Crippen LogP contribution in [0.4, 0.5) is 0 Å². The summed E-state index contributed by atoms with van der Waals surface area (Å²) in [6.45, 7) is 0. The van der Waals surface area contributed by atoms with Crippen LogP contribution in [0.15, 0.2) is 48.8 Å². The molecule has 2 aromatic rings. The van der Waals surface area contributed by atoms with E-state index in [1.165, 1.54) is 3.57 Å². The van der Waals surface area contributed by atoms with Crippen molar-refractivity contribution in [2.75, 3.05) is 0 Å². The summed E-state index contributed by atoms with van der Waals surface area (Å²) < 4.78 is 1.18. The minimum Gasteiger partial charge on any atom is -0.294 e. The highest BCUT2D eigenvalue weighted by molar-refractivity contribution is 14.1. The van der Waals surface area contributed by atoms with Crippen molar-refractivity contribution in [3.05, 3.63) is 63.5 Å². The predicted octanol–water partition coefficient (Wildman–Crippen LogP) is 3.11. The lowest BCUT2D eigenvalue weighted by Gasteiger charge is -2.01. The molecule has 0 amide bonds. The van der Waals surface area contributed by atoms with Crippen LogP contribution in [0.5, 0.6) is 0 Å². The Bertz CT molecular complexity index is 479. The Balaban J connectivity index is 2.11. The largest absolute Gasteiger partial charge is 0.294 e. The molecule has 0 unspecified atom stereocenters. The maximum absolute atomic E-state index is 11.9. The molecule has 1 aromatic heterocycles. The van der Waals surface area contributed by atoms with Gasteiger partial charge in [0.1, 0.15) is 0 Å². The fraction of sp³-hybridized carbons (Fsp3) is 0.0769. The van der Waals surface area contributed by atoms with Crippen LogP contribution in [0.1, 0.15) is 15.9 Å². The van der Waals surface area contributed by atoms with E-state index in [0.717, 1.165) is 5.56 Å². The number of pyridine rings is 1. The molecule has 0 fully saturated rings. The molecule has 1 aromatic carbocycles. The normalized spacial score (nSPS) is 10.1. The average Bonchev–Trinajstić information content (AvgIpc) is 2.33. The topological polar surface area (TPSA) is 30.0 Å². The summed E-state index contributed by atoms with van der Waals surface area (Å²) in [5, 5.41) is 0. The van der Waals surface area contributed by atoms with Crippen molar-refractivity contribution in [3.8, 4) is 0 Å². The molecule has 2 rings (SSSR count). The Kier molecular flexibility index (Phi) is 3.66. The summed E-state index contributed by atoms with van der Waals surface area (Å²) >= 11 is 2.25. The number of nitrogens with zero attached hydrogens (tertiary/aromatic N) is 1. The van der Waals surface area contributed by atoms with Crippen molar-refractivity contribution < 1.29 is 4.79 Å². The molecule has 1 heterocycles. The highest BCUT2D eigenvalue weighted by Crippen LogP contribution is 2.09. The summed E-state index contributed by atoms with van der Waals surface area (Å²) in [7, 11) is 0. The molecule has 80 valence electrons. The first kappa shape index (κ1) is 11.3. The van der Waals surface area contributed by atoms with Crippen molar-refractivity contribution in [1.82, 2.24) is 4.98 Å². The van der Waals surface area contributed by atoms with Gasteiger partial charge in [0.15, 0.2) is 5.78 Å². The summed E-state index contributed by atoms with van der Waals surface area (Å²) in [5.41, 5.74) is 1.70. The summed E-state index contributed by atoms with van der Waals surface area (Å²) in [6.07, 6.45) is 3.71. The highest BCUT2D eigenvalue weighted by atomic mass is 127. The second-order valence-corrected chi connectivity index (χ2v) is 4.71. The Labute approximate surface area is 108 Å². The Hall–Kier alpha value is -1.23. The van der Waals surface area contributed by atoms with Gasteiger partial charge in [-0.3, -0.25) is 9.78 Å². The van der Waals surface area contributed by atoms with Gasteiger partial charge in [0.05, 0.1) is 0 Å². The smallest absolute Gasteiger partial charge is 0.168 e. The first-order chi connectivity index (χ1) is 7.75. The van der Waals surface area contributed by atoms with Gasteiger partial charge in [-0.15, -0.1) is 0 Å². The SMILES string of the molecule is O=C(Cc1ccc(I)cc1)c1cccnc1. The van der Waals surface area contributed by atoms with E-state index in [4.69, 9.17) is 0 Å². The highest BCUT2D eigenvalue weighted by Gasteiger charge is 2.06. The standard InChI is InChI=1S/C13H10INO/c14-12-5-3-10(4-6-12)8-13(16)11-2-1-7-15-9-11/h1-7,9H,8H2. The van der Waals surface area contributed by atoms with Gasteiger partial charge in [-0.1, -0.05) is 12.1 Å². The average molecular weight is 323 g/mol. The van der Waals surface area contributed by atoms with E-state index >= 15 is 0 Å². The van der Waals surface area contributed by atoms with Gasteiger partial charge in [0.2, 0.25) is 0 Å². The van der Waals surface area contributed by atoms with Crippen LogP contribution in [0.25, 0.3) is 0 Å². The molecule has 2 nitrogen and oxygen atoms in total. The molecule has 0 aliphatic rings. The number of carbonyl (C=O) groups excluding carboxylic acids is 1. The maximum Gasteiger partial charge on any atom is 0.168 e. The van der Waals surface area contributed by atoms with Crippen LogP contribution < -0.4 is 0 Å². The number of Topliss-reactive ketones (excluding diaryl/α,β-unsaturated/α-hetero) is 1. The van der Waals surface area contributed by atoms with Crippen molar-refractivity contribution in [2.45, 2.75) is 6.42 Å². The van der Waals surface area contributed by atoms with Gasteiger partial charge in [0, 0.05) is 27.9 Å². The van der Waals surface area contributed by atoms with Gasteiger partial charge in [0.25, 0.3) is 0 Å². The molecular weight excluding hydrogens is 313 g/mol. The predicted molar refractivity (Wildman–Crippen MR) is 71.4 cm³/mol. The van der Waals surface area contributed by atoms with Crippen LogP contribution in [0.2, 0.25) is 0 Å². The number of benzene rings is 1. The lowest BCUT2D eigenvalue weighted by Crippen LogP contribution is -2.03. The van der Waals surface area contributed by atoms with E-state index in [-0.39, 0.29) is 5.78 Å². The first-order valence-electron chi connectivity index (χ1n) is 4.93. The first-order valence-corrected chi connectivity index (χ1v) is 6.01. The third-order valence-corrected chi connectivity index (χ3v) is 2.98. The molecule has 0 aliphatic heterocycles. The van der Waals surface area contributed by atoms with Gasteiger partial charge in [-0.05, 0) is 52.4 Å². The van der Waals surface area contributed by atoms with Gasteiger partial charge in [-0.2, -0.15) is 0 Å². The van der Waals surface area contributed by atoms with Crippen LogP contribution in [0, 0.1) is 3.57 Å². The molecule has 0 N–H and O–H groups in total. The molecule has 0 saturated heterocycles. The second kappa shape index (κ2) is 5.21. The van der Waals surface area contributed by atoms with Crippen LogP contribution in [-0.4, -0.2) is 10.8 Å². The Morgan fingerprint density at radius 2 is 1.94 bits per heavy atom. The Morgan fingerprint density at radius 3 is 2.56 bits per heavy atom. The van der Waals surface area contributed by atoms with Gasteiger partial charge in [-0.25, -0.2) is 0 Å². The fourth-order valence-electron chi connectivity index (χ4n) is 1.42. The summed E-state index contributed by atoms with van der Waals surface area (Å²) in [4.78, 5) is 15.8. The maximum atomic E-state index is 11.9. The quantitative estimate of drug-likeness (QED) is 0.642. The minimum atomic E-state index is 0.106. The Morgan fingerprint density at radius 1 is 1.19 bits per heavy atom. The molecule has 0 aliphatic carbocycles. The minimum absolute atomic E-state index is 0.106. The van der Waals surface area contributed by atoms with Crippen molar-refractivity contribution >= 4 is 28.4 Å². The molecule has 0 bridgehead atoms. The van der Waals surface area contributed by atoms with E-state index in [2.05, 4.69) is 27.6 Å². The zero-order valence-electron chi connectivity index (χ0n) is 8.56. The summed E-state index contributed by atoms with van der Waals surface area (Å²) in [6, 6.07) is 11.5. The van der Waals surface area contributed by atoms with E-state index in [1.54, 1.807) is 24.5 Å². The van der Waals surface area contributed by atoms with E-state index < -0.39 is 0 Å². The number of hydrogen-bond donors (Lipinski definition) is 0. The second-order valence-electron chi connectivity index (χ2n) is 3.47.